The maximum atomic E-state index is 13.7. The van der Waals surface area contributed by atoms with Crippen LogP contribution >= 0.6 is 0 Å². The lowest BCUT2D eigenvalue weighted by Gasteiger charge is -2.43. The van der Waals surface area contributed by atoms with Crippen LogP contribution in [0.5, 0.6) is 5.75 Å². The maximum absolute atomic E-state index is 13.7. The van der Waals surface area contributed by atoms with Gasteiger partial charge in [-0.2, -0.15) is 0 Å². The first-order valence-electron chi connectivity index (χ1n) is 12.3. The van der Waals surface area contributed by atoms with E-state index in [4.69, 9.17) is 4.74 Å². The topological polar surface area (TPSA) is 82.2 Å². The van der Waals surface area contributed by atoms with Crippen LogP contribution in [-0.2, 0) is 20.8 Å². The van der Waals surface area contributed by atoms with Gasteiger partial charge in [-0.05, 0) is 43.0 Å². The molecule has 2 fully saturated rings. The monoisotopic (exact) mass is 478 g/mol. The van der Waals surface area contributed by atoms with Crippen molar-refractivity contribution in [1.29, 1.82) is 0 Å². The second-order valence-electron chi connectivity index (χ2n) is 9.09. The summed E-state index contributed by atoms with van der Waals surface area (Å²) in [6, 6.07) is 17.6. The Morgan fingerprint density at radius 2 is 1.71 bits per heavy atom. The summed E-state index contributed by atoms with van der Waals surface area (Å²) >= 11 is 0. The lowest BCUT2D eigenvalue weighted by atomic mass is 9.85. The van der Waals surface area contributed by atoms with Crippen molar-refractivity contribution in [1.82, 2.24) is 15.1 Å². The van der Waals surface area contributed by atoms with Gasteiger partial charge < -0.3 is 24.8 Å². The number of para-hydroxylation sites is 2. The summed E-state index contributed by atoms with van der Waals surface area (Å²) in [7, 11) is 1.63. The summed E-state index contributed by atoms with van der Waals surface area (Å²) < 4.78 is 5.38. The summed E-state index contributed by atoms with van der Waals surface area (Å²) in [5, 5.41) is 2.95. The zero-order chi connectivity index (χ0) is 24.8. The molecule has 186 valence electrons. The fraction of sp³-hybridized carbons (Fsp3) is 0.444. The van der Waals surface area contributed by atoms with Crippen molar-refractivity contribution in [3.05, 3.63) is 60.2 Å². The Kier molecular flexibility index (Phi) is 7.58. The van der Waals surface area contributed by atoms with Gasteiger partial charge in [-0.25, -0.2) is 0 Å². The van der Waals surface area contributed by atoms with Crippen molar-refractivity contribution in [2.75, 3.05) is 44.9 Å². The minimum Gasteiger partial charge on any atom is -0.496 e. The van der Waals surface area contributed by atoms with Gasteiger partial charge in [-0.3, -0.25) is 14.4 Å². The molecule has 0 bridgehead atoms. The van der Waals surface area contributed by atoms with Gasteiger partial charge in [0.25, 0.3) is 5.91 Å². The third-order valence-electron chi connectivity index (χ3n) is 7.07. The molecule has 4 rings (SSSR count). The second-order valence-corrected chi connectivity index (χ2v) is 9.09. The predicted molar refractivity (Wildman–Crippen MR) is 134 cm³/mol. The van der Waals surface area contributed by atoms with E-state index in [1.807, 2.05) is 66.4 Å². The van der Waals surface area contributed by atoms with Gasteiger partial charge in [0.05, 0.1) is 13.8 Å². The van der Waals surface area contributed by atoms with Gasteiger partial charge in [0.15, 0.2) is 0 Å². The minimum absolute atomic E-state index is 0.00739. The van der Waals surface area contributed by atoms with E-state index in [1.165, 1.54) is 0 Å². The average Bonchev–Trinajstić information content (AvgIpc) is 3.15. The number of amides is 3. The number of hydrogen-bond donors (Lipinski definition) is 1. The minimum atomic E-state index is -0.733. The molecule has 0 unspecified atom stereocenters. The predicted octanol–water partition coefficient (Wildman–Crippen LogP) is 2.43. The zero-order valence-electron chi connectivity index (χ0n) is 20.5. The Labute approximate surface area is 206 Å². The molecule has 2 aromatic rings. The molecule has 3 amide bonds. The molecular weight excluding hydrogens is 444 g/mol. The molecule has 8 nitrogen and oxygen atoms in total. The molecule has 1 spiro atoms. The van der Waals surface area contributed by atoms with Gasteiger partial charge in [-0.15, -0.1) is 0 Å². The lowest BCUT2D eigenvalue weighted by molar-refractivity contribution is -0.139. The van der Waals surface area contributed by atoms with Crippen LogP contribution in [0.3, 0.4) is 0 Å². The smallest absolute Gasteiger partial charge is 0.250 e. The fourth-order valence-corrected chi connectivity index (χ4v) is 5.15. The van der Waals surface area contributed by atoms with Gasteiger partial charge in [-0.1, -0.05) is 43.3 Å². The molecule has 0 aliphatic carbocycles. The van der Waals surface area contributed by atoms with Crippen LogP contribution in [0.4, 0.5) is 5.69 Å². The molecular formula is C27H34N4O4. The van der Waals surface area contributed by atoms with E-state index in [0.29, 0.717) is 52.0 Å². The van der Waals surface area contributed by atoms with Gasteiger partial charge in [0.2, 0.25) is 11.8 Å². The number of likely N-dealkylation sites (tertiary alicyclic amines) is 1. The van der Waals surface area contributed by atoms with Crippen LogP contribution in [0.1, 0.15) is 31.7 Å². The number of anilines is 1. The van der Waals surface area contributed by atoms with Crippen LogP contribution in [0.25, 0.3) is 0 Å². The molecule has 2 aromatic carbocycles. The fourth-order valence-electron chi connectivity index (χ4n) is 5.15. The summed E-state index contributed by atoms with van der Waals surface area (Å²) in [6.45, 7) is 3.76. The van der Waals surface area contributed by atoms with E-state index >= 15 is 0 Å². The Hall–Kier alpha value is -3.55. The number of benzene rings is 2. The number of nitrogens with zero attached hydrogens (tertiary/aromatic N) is 3. The number of piperidine rings is 1. The molecule has 35 heavy (non-hydrogen) atoms. The van der Waals surface area contributed by atoms with E-state index in [2.05, 4.69) is 10.2 Å². The number of carbonyl (C=O) groups is 3. The number of hydrogen-bond acceptors (Lipinski definition) is 5. The molecule has 8 heteroatoms. The highest BCUT2D eigenvalue weighted by Gasteiger charge is 2.54. The van der Waals surface area contributed by atoms with Crippen LogP contribution in [0, 0.1) is 0 Å². The summed E-state index contributed by atoms with van der Waals surface area (Å²) in [6.07, 6.45) is 2.21. The first kappa shape index (κ1) is 24.6. The highest BCUT2D eigenvalue weighted by Crippen LogP contribution is 2.39. The Morgan fingerprint density at radius 1 is 1.03 bits per heavy atom. The quantitative estimate of drug-likeness (QED) is 0.630. The number of nitrogens with one attached hydrogen (secondary N) is 1. The molecule has 0 saturated carbocycles. The molecule has 2 heterocycles. The molecule has 1 N–H and O–H groups in total. The number of ether oxygens (including phenoxy) is 1. The first-order valence-corrected chi connectivity index (χ1v) is 12.3. The van der Waals surface area contributed by atoms with Crippen molar-refractivity contribution in [3.63, 3.8) is 0 Å². The van der Waals surface area contributed by atoms with Crippen molar-refractivity contribution >= 4 is 23.4 Å². The third-order valence-corrected chi connectivity index (χ3v) is 7.07. The highest BCUT2D eigenvalue weighted by atomic mass is 16.5. The van der Waals surface area contributed by atoms with Crippen molar-refractivity contribution in [2.24, 2.45) is 0 Å². The van der Waals surface area contributed by atoms with Crippen LogP contribution in [0.2, 0.25) is 0 Å². The maximum Gasteiger partial charge on any atom is 0.250 e. The number of carbonyl (C=O) groups excluding carboxylic acids is 3. The second kappa shape index (κ2) is 10.8. The average molecular weight is 479 g/mol. The number of methoxy groups -OCH3 is 1. The Morgan fingerprint density at radius 3 is 2.40 bits per heavy atom. The van der Waals surface area contributed by atoms with E-state index in [1.54, 1.807) is 12.0 Å². The third kappa shape index (κ3) is 5.11. The standard InChI is InChI=1S/C27H34N4O4/c1-3-25(33)29-17-14-27(15-18-29)26(34)30(20-31(27)22-10-5-4-6-11-22)19-24(32)28-16-13-21-9-7-8-12-23(21)35-2/h4-12H,3,13-20H2,1-2H3,(H,28,32). The van der Waals surface area contributed by atoms with E-state index in [9.17, 15) is 14.4 Å². The molecule has 2 saturated heterocycles. The molecule has 2 aliphatic heterocycles. The summed E-state index contributed by atoms with van der Waals surface area (Å²) in [5.41, 5.74) is 1.24. The van der Waals surface area contributed by atoms with E-state index in [-0.39, 0.29) is 24.3 Å². The summed E-state index contributed by atoms with van der Waals surface area (Å²) in [5.74, 6) is 0.689. The zero-order valence-corrected chi connectivity index (χ0v) is 20.5. The van der Waals surface area contributed by atoms with E-state index < -0.39 is 5.54 Å². The molecule has 0 atom stereocenters. The molecule has 2 aliphatic rings. The first-order chi connectivity index (χ1) is 17.0. The SMILES string of the molecule is CCC(=O)N1CCC2(CC1)C(=O)N(CC(=O)NCCc1ccccc1OC)CN2c1ccccc1. The normalized spacial score (nSPS) is 17.1. The Balaban J connectivity index is 1.42. The van der Waals surface area contributed by atoms with Crippen LogP contribution < -0.4 is 15.0 Å². The van der Waals surface area contributed by atoms with E-state index in [0.717, 1.165) is 17.0 Å². The van der Waals surface area contributed by atoms with Crippen LogP contribution in [0.15, 0.2) is 54.6 Å². The van der Waals surface area contributed by atoms with Gasteiger partial charge in [0, 0.05) is 31.7 Å². The van der Waals surface area contributed by atoms with Crippen LogP contribution in [-0.4, -0.2) is 73.0 Å². The summed E-state index contributed by atoms with van der Waals surface area (Å²) in [4.78, 5) is 44.3. The Bertz CT molecular complexity index is 1050. The van der Waals surface area contributed by atoms with Crippen molar-refractivity contribution in [3.8, 4) is 5.75 Å². The molecule has 0 aromatic heterocycles. The van der Waals surface area contributed by atoms with Gasteiger partial charge in [0.1, 0.15) is 17.8 Å². The highest BCUT2D eigenvalue weighted by molar-refractivity contribution is 5.96. The van der Waals surface area contributed by atoms with Gasteiger partial charge >= 0.3 is 0 Å². The lowest BCUT2D eigenvalue weighted by Crippen LogP contribution is -2.57. The number of rotatable bonds is 8. The molecule has 0 radical (unpaired) electrons. The largest absolute Gasteiger partial charge is 0.496 e. The van der Waals surface area contributed by atoms with Crippen molar-refractivity contribution < 1.29 is 19.1 Å². The van der Waals surface area contributed by atoms with Crippen molar-refractivity contribution in [2.45, 2.75) is 38.1 Å².